The maximum absolute atomic E-state index is 9.72. The van der Waals surface area contributed by atoms with Gasteiger partial charge in [0.25, 0.3) is 0 Å². The first-order valence-corrected chi connectivity index (χ1v) is 4.36. The Morgan fingerprint density at radius 3 is 2.42 bits per heavy atom. The molecule has 0 heterocycles. The zero-order valence-corrected chi connectivity index (χ0v) is 7.91. The Bertz CT molecular complexity index is 253. The molecule has 66 valence electrons. The van der Waals surface area contributed by atoms with Gasteiger partial charge in [0.2, 0.25) is 0 Å². The van der Waals surface area contributed by atoms with Crippen LogP contribution in [0.5, 0.6) is 0 Å². The SMILES string of the molecule is Cc1cccc([C@@H](O)C(C)C)c1. The van der Waals surface area contributed by atoms with Crippen molar-refractivity contribution in [3.63, 3.8) is 0 Å². The standard InChI is InChI=1S/C11H16O/c1-8(2)11(12)10-6-4-5-9(3)7-10/h4-8,11-12H,1-3H3/t11-/m0/s1. The summed E-state index contributed by atoms with van der Waals surface area (Å²) in [5.41, 5.74) is 2.22. The molecule has 1 atom stereocenters. The van der Waals surface area contributed by atoms with Gasteiger partial charge in [-0.2, -0.15) is 0 Å². The highest BCUT2D eigenvalue weighted by Gasteiger charge is 2.10. The van der Waals surface area contributed by atoms with Crippen LogP contribution in [0, 0.1) is 12.8 Å². The maximum atomic E-state index is 9.72. The van der Waals surface area contributed by atoms with Crippen molar-refractivity contribution in [1.29, 1.82) is 0 Å². The summed E-state index contributed by atoms with van der Waals surface area (Å²) in [6.45, 7) is 6.08. The molecular formula is C11H16O. The minimum Gasteiger partial charge on any atom is -0.388 e. The van der Waals surface area contributed by atoms with Crippen LogP contribution in [0.3, 0.4) is 0 Å². The predicted octanol–water partition coefficient (Wildman–Crippen LogP) is 2.68. The van der Waals surface area contributed by atoms with E-state index in [4.69, 9.17) is 0 Å². The first kappa shape index (κ1) is 9.27. The van der Waals surface area contributed by atoms with E-state index in [1.54, 1.807) is 0 Å². The number of aryl methyl sites for hydroxylation is 1. The minimum absolute atomic E-state index is 0.284. The van der Waals surface area contributed by atoms with Crippen LogP contribution in [0.2, 0.25) is 0 Å². The summed E-state index contributed by atoms with van der Waals surface area (Å²) in [5.74, 6) is 0.284. The van der Waals surface area contributed by atoms with Gasteiger partial charge in [0.1, 0.15) is 0 Å². The number of hydrogen-bond acceptors (Lipinski definition) is 1. The summed E-state index contributed by atoms with van der Waals surface area (Å²) in [7, 11) is 0. The van der Waals surface area contributed by atoms with Gasteiger partial charge in [-0.05, 0) is 18.4 Å². The smallest absolute Gasteiger partial charge is 0.0813 e. The molecule has 1 rings (SSSR count). The largest absolute Gasteiger partial charge is 0.388 e. The molecule has 0 saturated carbocycles. The van der Waals surface area contributed by atoms with Gasteiger partial charge in [-0.15, -0.1) is 0 Å². The van der Waals surface area contributed by atoms with Crippen LogP contribution >= 0.6 is 0 Å². The number of benzene rings is 1. The normalized spacial score (nSPS) is 13.4. The van der Waals surface area contributed by atoms with Gasteiger partial charge >= 0.3 is 0 Å². The topological polar surface area (TPSA) is 20.2 Å². The predicted molar refractivity (Wildman–Crippen MR) is 51.0 cm³/mol. The van der Waals surface area contributed by atoms with Crippen molar-refractivity contribution in [1.82, 2.24) is 0 Å². The molecule has 0 saturated heterocycles. The molecule has 1 heteroatoms. The Balaban J connectivity index is 2.88. The fourth-order valence-corrected chi connectivity index (χ4v) is 1.24. The summed E-state index contributed by atoms with van der Waals surface area (Å²) >= 11 is 0. The lowest BCUT2D eigenvalue weighted by molar-refractivity contribution is 0.127. The molecule has 1 aromatic rings. The monoisotopic (exact) mass is 164 g/mol. The molecule has 1 nitrogen and oxygen atoms in total. The van der Waals surface area contributed by atoms with Gasteiger partial charge < -0.3 is 5.11 Å². The Morgan fingerprint density at radius 1 is 1.25 bits per heavy atom. The summed E-state index contributed by atoms with van der Waals surface area (Å²) < 4.78 is 0. The van der Waals surface area contributed by atoms with E-state index in [0.717, 1.165) is 5.56 Å². The average Bonchev–Trinajstić information content (AvgIpc) is 2.03. The third kappa shape index (κ3) is 2.08. The van der Waals surface area contributed by atoms with Crippen LogP contribution in [0.1, 0.15) is 31.1 Å². The lowest BCUT2D eigenvalue weighted by Gasteiger charge is -2.14. The van der Waals surface area contributed by atoms with Crippen LogP contribution in [-0.4, -0.2) is 5.11 Å². The molecule has 0 aromatic heterocycles. The zero-order valence-electron chi connectivity index (χ0n) is 7.91. The molecular weight excluding hydrogens is 148 g/mol. The van der Waals surface area contributed by atoms with E-state index in [1.165, 1.54) is 5.56 Å². The number of aliphatic hydroxyl groups excluding tert-OH is 1. The average molecular weight is 164 g/mol. The van der Waals surface area contributed by atoms with Crippen molar-refractivity contribution in [3.8, 4) is 0 Å². The molecule has 0 aliphatic heterocycles. The van der Waals surface area contributed by atoms with Gasteiger partial charge in [-0.3, -0.25) is 0 Å². The minimum atomic E-state index is -0.329. The first-order valence-electron chi connectivity index (χ1n) is 4.36. The molecule has 12 heavy (non-hydrogen) atoms. The van der Waals surface area contributed by atoms with Gasteiger partial charge in [0, 0.05) is 0 Å². The van der Waals surface area contributed by atoms with Gasteiger partial charge in [-0.1, -0.05) is 43.7 Å². The quantitative estimate of drug-likeness (QED) is 0.712. The fraction of sp³-hybridized carbons (Fsp3) is 0.455. The molecule has 0 amide bonds. The first-order chi connectivity index (χ1) is 5.61. The zero-order chi connectivity index (χ0) is 9.14. The van der Waals surface area contributed by atoms with Crippen molar-refractivity contribution in [2.75, 3.05) is 0 Å². The second-order valence-electron chi connectivity index (χ2n) is 3.60. The molecule has 0 fully saturated rings. The van der Waals surface area contributed by atoms with Gasteiger partial charge in [0.15, 0.2) is 0 Å². The Labute approximate surface area is 74.1 Å². The number of aliphatic hydroxyl groups is 1. The van der Waals surface area contributed by atoms with Crippen LogP contribution < -0.4 is 0 Å². The van der Waals surface area contributed by atoms with Crippen LogP contribution in [0.15, 0.2) is 24.3 Å². The van der Waals surface area contributed by atoms with E-state index in [2.05, 4.69) is 0 Å². The van der Waals surface area contributed by atoms with E-state index in [-0.39, 0.29) is 12.0 Å². The van der Waals surface area contributed by atoms with Crippen molar-refractivity contribution >= 4 is 0 Å². The molecule has 0 spiro atoms. The van der Waals surface area contributed by atoms with Crippen LogP contribution in [0.4, 0.5) is 0 Å². The van der Waals surface area contributed by atoms with Crippen molar-refractivity contribution in [2.24, 2.45) is 5.92 Å². The van der Waals surface area contributed by atoms with Crippen molar-refractivity contribution in [3.05, 3.63) is 35.4 Å². The van der Waals surface area contributed by atoms with E-state index in [0.29, 0.717) is 0 Å². The van der Waals surface area contributed by atoms with Crippen LogP contribution in [0.25, 0.3) is 0 Å². The summed E-state index contributed by atoms with van der Waals surface area (Å²) in [4.78, 5) is 0. The fourth-order valence-electron chi connectivity index (χ4n) is 1.24. The van der Waals surface area contributed by atoms with E-state index in [9.17, 15) is 5.11 Å². The maximum Gasteiger partial charge on any atom is 0.0813 e. The van der Waals surface area contributed by atoms with Gasteiger partial charge in [0.05, 0.1) is 6.10 Å². The molecule has 0 aliphatic carbocycles. The highest BCUT2D eigenvalue weighted by atomic mass is 16.3. The molecule has 0 radical (unpaired) electrons. The van der Waals surface area contributed by atoms with E-state index < -0.39 is 0 Å². The second-order valence-corrected chi connectivity index (χ2v) is 3.60. The Kier molecular flexibility index (Phi) is 2.88. The lowest BCUT2D eigenvalue weighted by atomic mass is 9.98. The number of rotatable bonds is 2. The molecule has 1 N–H and O–H groups in total. The summed E-state index contributed by atoms with van der Waals surface area (Å²) in [5, 5.41) is 9.72. The third-order valence-corrected chi connectivity index (χ3v) is 2.02. The summed E-state index contributed by atoms with van der Waals surface area (Å²) in [6, 6.07) is 8.02. The lowest BCUT2D eigenvalue weighted by Crippen LogP contribution is -2.05. The van der Waals surface area contributed by atoms with Crippen molar-refractivity contribution in [2.45, 2.75) is 26.9 Å². The van der Waals surface area contributed by atoms with Crippen LogP contribution in [-0.2, 0) is 0 Å². The molecule has 0 bridgehead atoms. The van der Waals surface area contributed by atoms with E-state index >= 15 is 0 Å². The second kappa shape index (κ2) is 3.72. The highest BCUT2D eigenvalue weighted by Crippen LogP contribution is 2.21. The highest BCUT2D eigenvalue weighted by molar-refractivity contribution is 5.24. The molecule has 1 aromatic carbocycles. The van der Waals surface area contributed by atoms with Crippen molar-refractivity contribution < 1.29 is 5.11 Å². The summed E-state index contributed by atoms with van der Waals surface area (Å²) in [6.07, 6.45) is -0.329. The Morgan fingerprint density at radius 2 is 1.92 bits per heavy atom. The number of hydrogen-bond donors (Lipinski definition) is 1. The van der Waals surface area contributed by atoms with Gasteiger partial charge in [-0.25, -0.2) is 0 Å². The third-order valence-electron chi connectivity index (χ3n) is 2.02. The molecule has 0 unspecified atom stereocenters. The Hall–Kier alpha value is -0.820. The van der Waals surface area contributed by atoms with E-state index in [1.807, 2.05) is 45.0 Å². The molecule has 0 aliphatic rings.